The number of rotatable bonds is 4. The highest BCUT2D eigenvalue weighted by Crippen LogP contribution is 2.46. The van der Waals surface area contributed by atoms with Gasteiger partial charge in [-0.15, -0.1) is 0 Å². The van der Waals surface area contributed by atoms with Crippen molar-refractivity contribution in [3.05, 3.63) is 0 Å². The highest BCUT2D eigenvalue weighted by molar-refractivity contribution is 5.80. The molecule has 0 aromatic carbocycles. The Bertz CT molecular complexity index is 474. The number of aliphatic hydroxyl groups excluding tert-OH is 1. The highest BCUT2D eigenvalue weighted by atomic mass is 16.3. The number of fused-ring (bicyclic) bond motifs is 2. The van der Waals surface area contributed by atoms with Crippen LogP contribution in [0.15, 0.2) is 4.99 Å². The van der Waals surface area contributed by atoms with Crippen LogP contribution in [0.3, 0.4) is 0 Å². The summed E-state index contributed by atoms with van der Waals surface area (Å²) in [6.07, 6.45) is 9.02. The molecule has 3 saturated carbocycles. The van der Waals surface area contributed by atoms with Crippen LogP contribution < -0.4 is 5.32 Å². The number of nitrogens with zero attached hydrogens (tertiary/aromatic N) is 3. The van der Waals surface area contributed by atoms with E-state index in [2.05, 4.69) is 22.0 Å². The molecular formula is C20H36N4O. The van der Waals surface area contributed by atoms with Crippen molar-refractivity contribution in [1.82, 2.24) is 15.1 Å². The van der Waals surface area contributed by atoms with Gasteiger partial charge in [-0.05, 0) is 50.9 Å². The van der Waals surface area contributed by atoms with Gasteiger partial charge in [-0.1, -0.05) is 12.8 Å². The predicted octanol–water partition coefficient (Wildman–Crippen LogP) is 1.92. The lowest BCUT2D eigenvalue weighted by molar-refractivity contribution is 0.0955. The molecule has 1 saturated heterocycles. The lowest BCUT2D eigenvalue weighted by atomic mass is 9.93. The first kappa shape index (κ1) is 17.6. The summed E-state index contributed by atoms with van der Waals surface area (Å²) in [6, 6.07) is 0.869. The maximum atomic E-state index is 10.0. The fraction of sp³-hybridized carbons (Fsp3) is 0.950. The van der Waals surface area contributed by atoms with Crippen LogP contribution in [-0.4, -0.2) is 72.3 Å². The molecule has 1 aliphatic heterocycles. The zero-order valence-electron chi connectivity index (χ0n) is 15.9. The number of piperazine rings is 1. The summed E-state index contributed by atoms with van der Waals surface area (Å²) in [5, 5.41) is 13.5. The Labute approximate surface area is 152 Å². The lowest BCUT2D eigenvalue weighted by Crippen LogP contribution is -2.55. The maximum Gasteiger partial charge on any atom is 0.194 e. The summed E-state index contributed by atoms with van der Waals surface area (Å²) >= 11 is 0. The van der Waals surface area contributed by atoms with Gasteiger partial charge in [-0.25, -0.2) is 0 Å². The smallest absolute Gasteiger partial charge is 0.194 e. The van der Waals surface area contributed by atoms with Crippen molar-refractivity contribution in [2.24, 2.45) is 22.7 Å². The molecule has 0 aromatic rings. The Morgan fingerprint density at radius 1 is 1.08 bits per heavy atom. The molecule has 0 radical (unpaired) electrons. The van der Waals surface area contributed by atoms with E-state index < -0.39 is 0 Å². The first-order valence-electron chi connectivity index (χ1n) is 10.7. The second-order valence-electron chi connectivity index (χ2n) is 8.72. The minimum atomic E-state index is -0.138. The summed E-state index contributed by atoms with van der Waals surface area (Å²) in [7, 11) is 0. The van der Waals surface area contributed by atoms with Crippen molar-refractivity contribution < 1.29 is 5.11 Å². The van der Waals surface area contributed by atoms with E-state index in [4.69, 9.17) is 4.99 Å². The van der Waals surface area contributed by atoms with Crippen LogP contribution >= 0.6 is 0 Å². The van der Waals surface area contributed by atoms with E-state index in [1.54, 1.807) is 0 Å². The Kier molecular flexibility index (Phi) is 5.51. The number of aliphatic imine (C=N–C) groups is 1. The Balaban J connectivity index is 1.31. The Morgan fingerprint density at radius 2 is 1.92 bits per heavy atom. The first-order chi connectivity index (χ1) is 12.2. The van der Waals surface area contributed by atoms with E-state index in [1.807, 2.05) is 0 Å². The molecule has 5 heteroatoms. The highest BCUT2D eigenvalue weighted by Gasteiger charge is 2.42. The third-order valence-corrected chi connectivity index (χ3v) is 7.21. The number of guanidine groups is 1. The van der Waals surface area contributed by atoms with Crippen LogP contribution in [0, 0.1) is 17.8 Å². The molecular weight excluding hydrogens is 312 g/mol. The van der Waals surface area contributed by atoms with Gasteiger partial charge >= 0.3 is 0 Å². The molecule has 25 heavy (non-hydrogen) atoms. The molecule has 4 rings (SSSR count). The summed E-state index contributed by atoms with van der Waals surface area (Å²) in [4.78, 5) is 10.1. The molecule has 0 aromatic heterocycles. The molecule has 142 valence electrons. The predicted molar refractivity (Wildman–Crippen MR) is 102 cm³/mol. The monoisotopic (exact) mass is 348 g/mol. The number of hydrogen-bond donors (Lipinski definition) is 2. The number of hydrogen-bond acceptors (Lipinski definition) is 3. The average Bonchev–Trinajstić information content (AvgIpc) is 3.36. The van der Waals surface area contributed by atoms with Crippen LogP contribution in [0.1, 0.15) is 51.9 Å². The minimum Gasteiger partial charge on any atom is -0.393 e. The van der Waals surface area contributed by atoms with Crippen LogP contribution in [-0.2, 0) is 0 Å². The Hall–Kier alpha value is -0.810. The molecule has 2 N–H and O–H groups in total. The van der Waals surface area contributed by atoms with E-state index >= 15 is 0 Å². The van der Waals surface area contributed by atoms with Crippen LogP contribution in [0.5, 0.6) is 0 Å². The van der Waals surface area contributed by atoms with Gasteiger partial charge in [0.05, 0.1) is 6.10 Å². The van der Waals surface area contributed by atoms with Gasteiger partial charge in [-0.2, -0.15) is 0 Å². The fourth-order valence-corrected chi connectivity index (χ4v) is 5.78. The zero-order chi connectivity index (χ0) is 17.2. The molecule has 5 atom stereocenters. The molecule has 5 unspecified atom stereocenters. The normalized spacial score (nSPS) is 39.4. The lowest BCUT2D eigenvalue weighted by Gasteiger charge is -2.42. The van der Waals surface area contributed by atoms with Gasteiger partial charge in [-0.3, -0.25) is 9.89 Å². The van der Waals surface area contributed by atoms with Crippen molar-refractivity contribution in [2.75, 3.05) is 39.3 Å². The van der Waals surface area contributed by atoms with E-state index in [-0.39, 0.29) is 6.10 Å². The summed E-state index contributed by atoms with van der Waals surface area (Å²) in [5.41, 5.74) is 0. The largest absolute Gasteiger partial charge is 0.393 e. The quantitative estimate of drug-likeness (QED) is 0.602. The molecule has 2 bridgehead atoms. The van der Waals surface area contributed by atoms with Crippen molar-refractivity contribution >= 4 is 5.96 Å². The second kappa shape index (κ2) is 7.83. The summed E-state index contributed by atoms with van der Waals surface area (Å²) in [6.45, 7) is 8.38. The van der Waals surface area contributed by atoms with Crippen molar-refractivity contribution in [3.63, 3.8) is 0 Å². The third-order valence-electron chi connectivity index (χ3n) is 7.21. The first-order valence-corrected chi connectivity index (χ1v) is 10.7. The van der Waals surface area contributed by atoms with Gasteiger partial charge < -0.3 is 15.3 Å². The van der Waals surface area contributed by atoms with E-state index in [1.165, 1.54) is 38.8 Å². The molecule has 3 aliphatic carbocycles. The van der Waals surface area contributed by atoms with E-state index in [0.717, 1.165) is 69.3 Å². The van der Waals surface area contributed by atoms with Gasteiger partial charge in [0, 0.05) is 51.2 Å². The SMILES string of the molecule is CCNC(=NCC1CCCC1O)N1CCN(C2CC3CCC2C3)CC1. The van der Waals surface area contributed by atoms with Crippen LogP contribution in [0.4, 0.5) is 0 Å². The standard InChI is InChI=1S/C20H36N4O/c1-2-21-20(22-14-17-4-3-5-19(17)25)24-10-8-23(9-11-24)18-13-15-6-7-16(18)12-15/h15-19,25H,2-14H2,1H3,(H,21,22). The van der Waals surface area contributed by atoms with Gasteiger partial charge in [0.1, 0.15) is 0 Å². The molecule has 4 fully saturated rings. The zero-order valence-corrected chi connectivity index (χ0v) is 15.9. The maximum absolute atomic E-state index is 10.0. The van der Waals surface area contributed by atoms with Crippen LogP contribution in [0.2, 0.25) is 0 Å². The average molecular weight is 349 g/mol. The van der Waals surface area contributed by atoms with E-state index in [9.17, 15) is 5.11 Å². The second-order valence-corrected chi connectivity index (χ2v) is 8.72. The summed E-state index contributed by atoms with van der Waals surface area (Å²) < 4.78 is 0. The van der Waals surface area contributed by atoms with Crippen molar-refractivity contribution in [1.29, 1.82) is 0 Å². The third kappa shape index (κ3) is 3.82. The fourth-order valence-electron chi connectivity index (χ4n) is 5.78. The molecule has 1 heterocycles. The Morgan fingerprint density at radius 3 is 2.52 bits per heavy atom. The van der Waals surface area contributed by atoms with Crippen molar-refractivity contribution in [3.8, 4) is 0 Å². The van der Waals surface area contributed by atoms with Gasteiger partial charge in [0.2, 0.25) is 0 Å². The molecule has 5 nitrogen and oxygen atoms in total. The van der Waals surface area contributed by atoms with Gasteiger partial charge in [0.25, 0.3) is 0 Å². The minimum absolute atomic E-state index is 0.138. The number of aliphatic hydroxyl groups is 1. The molecule has 4 aliphatic rings. The summed E-state index contributed by atoms with van der Waals surface area (Å²) in [5.74, 6) is 3.45. The van der Waals surface area contributed by atoms with Crippen molar-refractivity contribution in [2.45, 2.75) is 64.0 Å². The van der Waals surface area contributed by atoms with E-state index in [0.29, 0.717) is 5.92 Å². The number of nitrogens with one attached hydrogen (secondary N) is 1. The molecule has 0 spiro atoms. The molecule has 0 amide bonds. The van der Waals surface area contributed by atoms with Gasteiger partial charge in [0.15, 0.2) is 5.96 Å². The van der Waals surface area contributed by atoms with Crippen LogP contribution in [0.25, 0.3) is 0 Å². The topological polar surface area (TPSA) is 51.1 Å².